The first-order valence-electron chi connectivity index (χ1n) is 6.80. The summed E-state index contributed by atoms with van der Waals surface area (Å²) in [5.74, 6) is 3.17. The van der Waals surface area contributed by atoms with Crippen LogP contribution in [0.3, 0.4) is 0 Å². The Morgan fingerprint density at radius 2 is 2.12 bits per heavy atom. The van der Waals surface area contributed by atoms with Crippen molar-refractivity contribution in [3.63, 3.8) is 0 Å². The van der Waals surface area contributed by atoms with Crippen LogP contribution in [-0.4, -0.2) is 10.7 Å². The van der Waals surface area contributed by atoms with E-state index < -0.39 is 0 Å². The number of hydrogen-bond acceptors (Lipinski definition) is 2. The molecule has 0 aliphatic rings. The minimum absolute atomic E-state index is 0.848. The normalized spacial score (nSPS) is 12.6. The van der Waals surface area contributed by atoms with Gasteiger partial charge in [-0.3, -0.25) is 4.98 Å². The number of unbranched alkanes of at least 4 members (excludes halogenated alkanes) is 3. The molecule has 0 radical (unpaired) electrons. The third-order valence-corrected chi connectivity index (χ3v) is 4.23. The molecule has 0 saturated carbocycles. The van der Waals surface area contributed by atoms with E-state index in [4.69, 9.17) is 0 Å². The monoisotopic (exact) mass is 251 g/mol. The van der Waals surface area contributed by atoms with E-state index in [9.17, 15) is 0 Å². The quantitative estimate of drug-likeness (QED) is 0.578. The van der Waals surface area contributed by atoms with E-state index in [-0.39, 0.29) is 0 Å². The van der Waals surface area contributed by atoms with Gasteiger partial charge >= 0.3 is 0 Å². The fraction of sp³-hybridized carbons (Fsp3) is 0.667. The van der Waals surface area contributed by atoms with Crippen molar-refractivity contribution >= 4 is 11.8 Å². The molecule has 1 aromatic rings. The molecule has 0 spiro atoms. The molecule has 1 rings (SSSR count). The van der Waals surface area contributed by atoms with Crippen LogP contribution in [0.1, 0.15) is 51.6 Å². The third kappa shape index (κ3) is 7.43. The Morgan fingerprint density at radius 3 is 2.82 bits per heavy atom. The van der Waals surface area contributed by atoms with Crippen molar-refractivity contribution in [3.8, 4) is 0 Å². The molecule has 0 aromatic carbocycles. The summed E-state index contributed by atoms with van der Waals surface area (Å²) < 4.78 is 0. The zero-order chi connectivity index (χ0) is 12.3. The smallest absolute Gasteiger partial charge is 0.0502 e. The zero-order valence-corrected chi connectivity index (χ0v) is 12.0. The Labute approximate surface area is 110 Å². The van der Waals surface area contributed by atoms with Gasteiger partial charge in [0, 0.05) is 11.9 Å². The van der Waals surface area contributed by atoms with Crippen LogP contribution in [0.2, 0.25) is 0 Å². The van der Waals surface area contributed by atoms with Gasteiger partial charge in [0.15, 0.2) is 0 Å². The van der Waals surface area contributed by atoms with Crippen LogP contribution in [0, 0.1) is 5.92 Å². The van der Waals surface area contributed by atoms with Crippen molar-refractivity contribution in [1.82, 2.24) is 4.98 Å². The molecule has 0 bridgehead atoms. The highest BCUT2D eigenvalue weighted by molar-refractivity contribution is 7.98. The minimum Gasteiger partial charge on any atom is -0.260 e. The van der Waals surface area contributed by atoms with Crippen molar-refractivity contribution < 1.29 is 0 Å². The van der Waals surface area contributed by atoms with Gasteiger partial charge in [0.1, 0.15) is 0 Å². The first-order chi connectivity index (χ1) is 8.33. The summed E-state index contributed by atoms with van der Waals surface area (Å²) in [5.41, 5.74) is 1.20. The van der Waals surface area contributed by atoms with E-state index in [1.54, 1.807) is 0 Å². The molecular formula is C15H25NS. The summed E-state index contributed by atoms with van der Waals surface area (Å²) >= 11 is 2.02. The van der Waals surface area contributed by atoms with E-state index in [1.807, 2.05) is 24.0 Å². The molecule has 96 valence electrons. The summed E-state index contributed by atoms with van der Waals surface area (Å²) in [5, 5.41) is 0. The minimum atomic E-state index is 0.848. The van der Waals surface area contributed by atoms with E-state index >= 15 is 0 Å². The molecule has 0 N–H and O–H groups in total. The average Bonchev–Trinajstić information content (AvgIpc) is 2.36. The van der Waals surface area contributed by atoms with Gasteiger partial charge in [0.05, 0.1) is 5.69 Å². The van der Waals surface area contributed by atoms with Gasteiger partial charge in [-0.2, -0.15) is 11.8 Å². The summed E-state index contributed by atoms with van der Waals surface area (Å²) in [6, 6.07) is 6.15. The summed E-state index contributed by atoms with van der Waals surface area (Å²) in [7, 11) is 0. The predicted octanol–water partition coefficient (Wildman–Crippen LogP) is 4.92. The molecule has 0 amide bonds. The summed E-state index contributed by atoms with van der Waals surface area (Å²) in [6.45, 7) is 4.64. The summed E-state index contributed by atoms with van der Waals surface area (Å²) in [4.78, 5) is 4.34. The molecule has 0 aliphatic heterocycles. The van der Waals surface area contributed by atoms with E-state index in [0.29, 0.717) is 0 Å². The maximum atomic E-state index is 4.34. The first kappa shape index (κ1) is 14.6. The molecule has 1 heterocycles. The second-order valence-corrected chi connectivity index (χ2v) is 5.82. The number of hydrogen-bond donors (Lipinski definition) is 0. The first-order valence-corrected chi connectivity index (χ1v) is 7.96. The number of aromatic nitrogens is 1. The van der Waals surface area contributed by atoms with Gasteiger partial charge in [-0.25, -0.2) is 0 Å². The molecule has 1 aromatic heterocycles. The lowest BCUT2D eigenvalue weighted by atomic mass is 10.0. The predicted molar refractivity (Wildman–Crippen MR) is 78.3 cm³/mol. The number of rotatable bonds is 9. The second-order valence-electron chi connectivity index (χ2n) is 4.79. The van der Waals surface area contributed by atoms with Crippen LogP contribution in [-0.2, 0) is 5.75 Å². The third-order valence-electron chi connectivity index (χ3n) is 2.93. The van der Waals surface area contributed by atoms with Gasteiger partial charge in [-0.1, -0.05) is 45.6 Å². The van der Waals surface area contributed by atoms with Crippen LogP contribution >= 0.6 is 11.8 Å². The van der Waals surface area contributed by atoms with Gasteiger partial charge in [-0.15, -0.1) is 0 Å². The van der Waals surface area contributed by atoms with Crippen molar-refractivity contribution in [3.05, 3.63) is 30.1 Å². The molecule has 0 aliphatic carbocycles. The number of nitrogens with zero attached hydrogens (tertiary/aromatic N) is 1. The topological polar surface area (TPSA) is 12.9 Å². The molecule has 17 heavy (non-hydrogen) atoms. The lowest BCUT2D eigenvalue weighted by Gasteiger charge is -2.10. The van der Waals surface area contributed by atoms with Crippen LogP contribution in [0.25, 0.3) is 0 Å². The van der Waals surface area contributed by atoms with E-state index in [2.05, 4.69) is 31.0 Å². The second kappa shape index (κ2) is 9.52. The Kier molecular flexibility index (Phi) is 8.16. The SMILES string of the molecule is CCCCCCC(C)CSCc1ccccn1. The van der Waals surface area contributed by atoms with Crippen molar-refractivity contribution in [2.75, 3.05) is 5.75 Å². The fourth-order valence-electron chi connectivity index (χ4n) is 1.85. The molecule has 1 nitrogen and oxygen atoms in total. The van der Waals surface area contributed by atoms with E-state index in [1.165, 1.54) is 43.6 Å². The molecule has 1 unspecified atom stereocenters. The molecule has 0 saturated heterocycles. The van der Waals surface area contributed by atoms with Gasteiger partial charge < -0.3 is 0 Å². The van der Waals surface area contributed by atoms with Crippen LogP contribution < -0.4 is 0 Å². The molecular weight excluding hydrogens is 226 g/mol. The molecule has 2 heteroatoms. The zero-order valence-electron chi connectivity index (χ0n) is 11.2. The van der Waals surface area contributed by atoms with E-state index in [0.717, 1.165) is 11.7 Å². The van der Waals surface area contributed by atoms with Gasteiger partial charge in [0.25, 0.3) is 0 Å². The van der Waals surface area contributed by atoms with Crippen LogP contribution in [0.5, 0.6) is 0 Å². The van der Waals surface area contributed by atoms with Gasteiger partial charge in [0.2, 0.25) is 0 Å². The lowest BCUT2D eigenvalue weighted by molar-refractivity contribution is 0.531. The maximum absolute atomic E-state index is 4.34. The molecule has 0 fully saturated rings. The van der Waals surface area contributed by atoms with Crippen molar-refractivity contribution in [2.24, 2.45) is 5.92 Å². The lowest BCUT2D eigenvalue weighted by Crippen LogP contribution is -1.99. The largest absolute Gasteiger partial charge is 0.260 e. The Hall–Kier alpha value is -0.500. The fourth-order valence-corrected chi connectivity index (χ4v) is 2.92. The van der Waals surface area contributed by atoms with Crippen molar-refractivity contribution in [2.45, 2.75) is 51.7 Å². The highest BCUT2D eigenvalue weighted by Gasteiger charge is 2.02. The highest BCUT2D eigenvalue weighted by Crippen LogP contribution is 2.18. The molecule has 1 atom stereocenters. The van der Waals surface area contributed by atoms with Crippen molar-refractivity contribution in [1.29, 1.82) is 0 Å². The number of pyridine rings is 1. The number of thioether (sulfide) groups is 1. The van der Waals surface area contributed by atoms with Crippen LogP contribution in [0.15, 0.2) is 24.4 Å². The summed E-state index contributed by atoms with van der Waals surface area (Å²) in [6.07, 6.45) is 8.81. The van der Waals surface area contributed by atoms with Crippen LogP contribution in [0.4, 0.5) is 0 Å². The average molecular weight is 251 g/mol. The Bertz CT molecular complexity index is 274. The Morgan fingerprint density at radius 1 is 1.24 bits per heavy atom. The Balaban J connectivity index is 2.02. The maximum Gasteiger partial charge on any atom is 0.0502 e. The highest BCUT2D eigenvalue weighted by atomic mass is 32.2. The standard InChI is InChI=1S/C15H25NS/c1-3-4-5-6-9-14(2)12-17-13-15-10-7-8-11-16-15/h7-8,10-11,14H,3-6,9,12-13H2,1-2H3. The van der Waals surface area contributed by atoms with Gasteiger partial charge in [-0.05, 0) is 30.2 Å².